The third-order valence-corrected chi connectivity index (χ3v) is 4.57. The molecule has 3 heterocycles. The van der Waals surface area contributed by atoms with Crippen LogP contribution in [0.15, 0.2) is 36.8 Å². The molecule has 1 aromatic carbocycles. The highest BCUT2D eigenvalue weighted by Gasteiger charge is 2.24. The van der Waals surface area contributed by atoms with Gasteiger partial charge < -0.3 is 24.7 Å². The van der Waals surface area contributed by atoms with E-state index in [1.807, 2.05) is 24.3 Å². The number of benzene rings is 1. The molecule has 0 amide bonds. The second-order valence-electron chi connectivity index (χ2n) is 6.11. The quantitative estimate of drug-likeness (QED) is 0.744. The highest BCUT2D eigenvalue weighted by Crippen LogP contribution is 2.31. The summed E-state index contributed by atoms with van der Waals surface area (Å²) in [5.74, 6) is 2.43. The van der Waals surface area contributed by atoms with Gasteiger partial charge in [-0.05, 0) is 12.5 Å². The third kappa shape index (κ3) is 3.05. The van der Waals surface area contributed by atoms with Gasteiger partial charge in [0.05, 0.1) is 26.1 Å². The number of imidazole rings is 1. The molecule has 1 fully saturated rings. The van der Waals surface area contributed by atoms with Crippen molar-refractivity contribution < 1.29 is 9.47 Å². The maximum Gasteiger partial charge on any atom is 0.154 e. The fourth-order valence-electron chi connectivity index (χ4n) is 3.25. The van der Waals surface area contributed by atoms with Crippen LogP contribution < -0.4 is 19.7 Å². The predicted octanol–water partition coefficient (Wildman–Crippen LogP) is 2.67. The number of ether oxygens (including phenoxy) is 2. The van der Waals surface area contributed by atoms with Crippen molar-refractivity contribution in [3.8, 4) is 11.5 Å². The van der Waals surface area contributed by atoms with E-state index in [4.69, 9.17) is 9.47 Å². The fraction of sp³-hybridized carbons (Fsp3) is 0.333. The molecular formula is C18H21N5O2. The molecule has 7 nitrogen and oxygen atoms in total. The Labute approximate surface area is 146 Å². The van der Waals surface area contributed by atoms with Gasteiger partial charge in [0.25, 0.3) is 0 Å². The summed E-state index contributed by atoms with van der Waals surface area (Å²) < 4.78 is 10.7. The van der Waals surface area contributed by atoms with Crippen LogP contribution in [0.1, 0.15) is 6.42 Å². The van der Waals surface area contributed by atoms with Gasteiger partial charge in [-0.3, -0.25) is 0 Å². The number of anilines is 2. The van der Waals surface area contributed by atoms with Gasteiger partial charge in [0.1, 0.15) is 17.0 Å². The first-order chi connectivity index (χ1) is 12.3. The number of hydrogen-bond donors (Lipinski definition) is 2. The van der Waals surface area contributed by atoms with E-state index in [-0.39, 0.29) is 0 Å². The summed E-state index contributed by atoms with van der Waals surface area (Å²) in [5, 5.41) is 3.53. The average molecular weight is 339 g/mol. The Balaban J connectivity index is 1.51. The first kappa shape index (κ1) is 15.6. The van der Waals surface area contributed by atoms with E-state index in [2.05, 4.69) is 25.2 Å². The Bertz CT molecular complexity index is 857. The van der Waals surface area contributed by atoms with Gasteiger partial charge in [-0.2, -0.15) is 0 Å². The first-order valence-corrected chi connectivity index (χ1v) is 8.29. The van der Waals surface area contributed by atoms with Crippen LogP contribution in [-0.2, 0) is 0 Å². The molecule has 1 unspecified atom stereocenters. The third-order valence-electron chi connectivity index (χ3n) is 4.57. The number of methoxy groups -OCH3 is 2. The molecular weight excluding hydrogens is 318 g/mol. The first-order valence-electron chi connectivity index (χ1n) is 8.29. The largest absolute Gasteiger partial charge is 0.497 e. The van der Waals surface area contributed by atoms with Crippen molar-refractivity contribution in [1.29, 1.82) is 0 Å². The number of nitrogens with zero attached hydrogens (tertiary/aromatic N) is 3. The van der Waals surface area contributed by atoms with Crippen molar-refractivity contribution in [2.24, 2.45) is 0 Å². The number of hydrogen-bond acceptors (Lipinski definition) is 6. The molecule has 1 aliphatic rings. The van der Waals surface area contributed by atoms with Crippen LogP contribution in [0.2, 0.25) is 0 Å². The molecule has 0 bridgehead atoms. The Morgan fingerprint density at radius 3 is 2.72 bits per heavy atom. The van der Waals surface area contributed by atoms with Crippen LogP contribution in [0.3, 0.4) is 0 Å². The maximum atomic E-state index is 5.37. The van der Waals surface area contributed by atoms with E-state index in [1.54, 1.807) is 26.7 Å². The minimum Gasteiger partial charge on any atom is -0.497 e. The topological polar surface area (TPSA) is 75.3 Å². The van der Waals surface area contributed by atoms with Gasteiger partial charge in [-0.25, -0.2) is 9.97 Å². The van der Waals surface area contributed by atoms with Crippen molar-refractivity contribution in [2.45, 2.75) is 12.5 Å². The fourth-order valence-corrected chi connectivity index (χ4v) is 3.25. The van der Waals surface area contributed by atoms with Crippen LogP contribution >= 0.6 is 0 Å². The number of aromatic amines is 1. The van der Waals surface area contributed by atoms with Crippen LogP contribution in [-0.4, -0.2) is 48.3 Å². The van der Waals surface area contributed by atoms with Crippen LogP contribution in [0.25, 0.3) is 11.0 Å². The molecule has 0 aliphatic carbocycles. The summed E-state index contributed by atoms with van der Waals surface area (Å²) in [4.78, 5) is 14.2. The molecule has 7 heteroatoms. The van der Waals surface area contributed by atoms with Crippen LogP contribution in [0.4, 0.5) is 11.5 Å². The van der Waals surface area contributed by atoms with Gasteiger partial charge >= 0.3 is 0 Å². The standard InChI is InChI=1S/C18H21N5O2/c1-24-14-7-13(8-15(9-14)25-2)23-6-4-12(10-23)22-18-17-16(3-5-19-18)20-11-21-17/h3,5,7-9,11-12H,4,6,10H2,1-2H3,(H,19,22)(H,20,21). The van der Waals surface area contributed by atoms with Crippen molar-refractivity contribution in [1.82, 2.24) is 15.0 Å². The summed E-state index contributed by atoms with van der Waals surface area (Å²) in [6, 6.07) is 8.20. The lowest BCUT2D eigenvalue weighted by molar-refractivity contribution is 0.394. The van der Waals surface area contributed by atoms with Gasteiger partial charge in [0, 0.05) is 49.2 Å². The lowest BCUT2D eigenvalue weighted by Gasteiger charge is -2.20. The van der Waals surface area contributed by atoms with Crippen molar-refractivity contribution >= 4 is 22.5 Å². The number of rotatable bonds is 5. The number of pyridine rings is 1. The van der Waals surface area contributed by atoms with E-state index >= 15 is 0 Å². The Hall–Kier alpha value is -2.96. The van der Waals surface area contributed by atoms with Gasteiger partial charge in [0.15, 0.2) is 5.82 Å². The molecule has 0 spiro atoms. The van der Waals surface area contributed by atoms with E-state index in [9.17, 15) is 0 Å². The summed E-state index contributed by atoms with van der Waals surface area (Å²) in [5.41, 5.74) is 2.97. The summed E-state index contributed by atoms with van der Waals surface area (Å²) in [7, 11) is 3.34. The highest BCUT2D eigenvalue weighted by molar-refractivity contribution is 5.85. The predicted molar refractivity (Wildman–Crippen MR) is 97.7 cm³/mol. The number of nitrogens with one attached hydrogen (secondary N) is 2. The van der Waals surface area contributed by atoms with E-state index in [0.717, 1.165) is 53.5 Å². The molecule has 25 heavy (non-hydrogen) atoms. The normalized spacial score (nSPS) is 17.0. The molecule has 1 atom stereocenters. The highest BCUT2D eigenvalue weighted by atomic mass is 16.5. The lowest BCUT2D eigenvalue weighted by atomic mass is 10.2. The van der Waals surface area contributed by atoms with Crippen LogP contribution in [0.5, 0.6) is 11.5 Å². The smallest absolute Gasteiger partial charge is 0.154 e. The Morgan fingerprint density at radius 1 is 1.16 bits per heavy atom. The molecule has 0 radical (unpaired) electrons. The van der Waals surface area contributed by atoms with E-state index < -0.39 is 0 Å². The molecule has 4 rings (SSSR count). The summed E-state index contributed by atoms with van der Waals surface area (Å²) in [6.07, 6.45) is 4.52. The summed E-state index contributed by atoms with van der Waals surface area (Å²) >= 11 is 0. The maximum absolute atomic E-state index is 5.37. The molecule has 2 N–H and O–H groups in total. The SMILES string of the molecule is COc1cc(OC)cc(N2CCC(Nc3nccc4[nH]cnc34)C2)c1. The Morgan fingerprint density at radius 2 is 1.96 bits per heavy atom. The lowest BCUT2D eigenvalue weighted by Crippen LogP contribution is -2.26. The zero-order valence-corrected chi connectivity index (χ0v) is 14.3. The van der Waals surface area contributed by atoms with E-state index in [0.29, 0.717) is 6.04 Å². The molecule has 130 valence electrons. The second kappa shape index (κ2) is 6.51. The minimum atomic E-state index is 0.312. The van der Waals surface area contributed by atoms with Gasteiger partial charge in [-0.1, -0.05) is 0 Å². The minimum absolute atomic E-state index is 0.312. The van der Waals surface area contributed by atoms with Gasteiger partial charge in [-0.15, -0.1) is 0 Å². The zero-order chi connectivity index (χ0) is 17.2. The number of aromatic nitrogens is 3. The molecule has 2 aromatic heterocycles. The van der Waals surface area contributed by atoms with Crippen LogP contribution in [0, 0.1) is 0 Å². The van der Waals surface area contributed by atoms with Crippen molar-refractivity contribution in [3.63, 3.8) is 0 Å². The number of H-pyrrole nitrogens is 1. The molecule has 0 saturated carbocycles. The second-order valence-corrected chi connectivity index (χ2v) is 6.11. The molecule has 1 saturated heterocycles. The van der Waals surface area contributed by atoms with Gasteiger partial charge in [0.2, 0.25) is 0 Å². The Kier molecular flexibility index (Phi) is 4.05. The molecule has 1 aliphatic heterocycles. The monoisotopic (exact) mass is 339 g/mol. The zero-order valence-electron chi connectivity index (χ0n) is 14.3. The summed E-state index contributed by atoms with van der Waals surface area (Å²) in [6.45, 7) is 1.85. The average Bonchev–Trinajstić information content (AvgIpc) is 3.31. The number of fused-ring (bicyclic) bond motifs is 1. The van der Waals surface area contributed by atoms with Crippen molar-refractivity contribution in [2.75, 3.05) is 37.5 Å². The van der Waals surface area contributed by atoms with E-state index in [1.165, 1.54) is 0 Å². The van der Waals surface area contributed by atoms with Crippen molar-refractivity contribution in [3.05, 3.63) is 36.8 Å². The molecule has 3 aromatic rings.